The van der Waals surface area contributed by atoms with Crippen molar-refractivity contribution in [1.82, 2.24) is 5.32 Å². The first-order valence-electron chi connectivity index (χ1n) is 4.63. The minimum atomic E-state index is 0.465. The summed E-state index contributed by atoms with van der Waals surface area (Å²) in [5.41, 5.74) is 0. The number of hydrogen-bond acceptors (Lipinski definition) is 3. The zero-order valence-corrected chi connectivity index (χ0v) is 8.16. The van der Waals surface area contributed by atoms with Crippen LogP contribution in [0.2, 0.25) is 0 Å². The quantitative estimate of drug-likeness (QED) is 0.252. The average Bonchev–Trinajstić information content (AvgIpc) is 2.16. The van der Waals surface area contributed by atoms with E-state index in [0.29, 0.717) is 13.0 Å². The Labute approximate surface area is 79.4 Å². The van der Waals surface area contributed by atoms with E-state index >= 15 is 0 Å². The minimum Gasteiger partial charge on any atom is -0.483 e. The first-order chi connectivity index (χ1) is 6.41. The molecule has 0 bridgehead atoms. The van der Waals surface area contributed by atoms with Crippen molar-refractivity contribution in [1.29, 1.82) is 0 Å². The highest BCUT2D eigenvalue weighted by Crippen LogP contribution is 1.98. The zero-order chi connectivity index (χ0) is 9.78. The van der Waals surface area contributed by atoms with E-state index < -0.39 is 0 Å². The van der Waals surface area contributed by atoms with E-state index in [0.717, 1.165) is 19.4 Å². The highest BCUT2D eigenvalue weighted by molar-refractivity contribution is 5.63. The zero-order valence-electron chi connectivity index (χ0n) is 8.16. The smallest absolute Gasteiger partial charge is 0.235 e. The molecule has 0 unspecified atom stereocenters. The van der Waals surface area contributed by atoms with Gasteiger partial charge in [0.05, 0.1) is 6.61 Å². The molecule has 0 rings (SSSR count). The van der Waals surface area contributed by atoms with E-state index in [1.807, 2.05) is 7.05 Å². The molecule has 76 valence electrons. The maximum atomic E-state index is 9.73. The Morgan fingerprint density at radius 2 is 2.08 bits per heavy atom. The molecule has 4 heteroatoms. The van der Waals surface area contributed by atoms with Crippen molar-refractivity contribution in [2.75, 3.05) is 20.2 Å². The number of nitrogens with zero attached hydrogens (tertiary/aromatic N) is 1. The lowest BCUT2D eigenvalue weighted by atomic mass is 10.2. The van der Waals surface area contributed by atoms with Crippen LogP contribution in [0, 0.1) is 0 Å². The Hall–Kier alpha value is -0.900. The molecule has 13 heavy (non-hydrogen) atoms. The van der Waals surface area contributed by atoms with E-state index in [1.165, 1.54) is 19.2 Å². The predicted molar refractivity (Wildman–Crippen MR) is 52.9 cm³/mol. The number of amides is 1. The number of unbranched alkanes of at least 4 members (excludes halogenated alkanes) is 3. The van der Waals surface area contributed by atoms with Gasteiger partial charge in [0.25, 0.3) is 0 Å². The minimum absolute atomic E-state index is 0.465. The lowest BCUT2D eigenvalue weighted by molar-refractivity contribution is -0.106. The first kappa shape index (κ1) is 12.1. The maximum Gasteiger partial charge on any atom is 0.235 e. The van der Waals surface area contributed by atoms with E-state index in [1.54, 1.807) is 0 Å². The Morgan fingerprint density at radius 1 is 1.31 bits per heavy atom. The fraction of sp³-hybridized carbons (Fsp3) is 0.778. The van der Waals surface area contributed by atoms with Gasteiger partial charge < -0.3 is 10.1 Å². The molecule has 1 amide bonds. The third-order valence-corrected chi connectivity index (χ3v) is 1.64. The average molecular weight is 186 g/mol. The van der Waals surface area contributed by atoms with Crippen molar-refractivity contribution >= 4 is 12.8 Å². The largest absolute Gasteiger partial charge is 0.483 e. The van der Waals surface area contributed by atoms with Crippen molar-refractivity contribution < 1.29 is 9.53 Å². The molecule has 0 atom stereocenters. The van der Waals surface area contributed by atoms with Crippen LogP contribution in [0.25, 0.3) is 0 Å². The predicted octanol–water partition coefficient (Wildman–Crippen LogP) is 0.967. The van der Waals surface area contributed by atoms with Gasteiger partial charge in [0.2, 0.25) is 6.41 Å². The van der Waals surface area contributed by atoms with Crippen LogP contribution in [0.1, 0.15) is 25.7 Å². The van der Waals surface area contributed by atoms with Gasteiger partial charge in [0.15, 0.2) is 6.40 Å². The van der Waals surface area contributed by atoms with Gasteiger partial charge in [-0.3, -0.25) is 4.79 Å². The second-order valence-corrected chi connectivity index (χ2v) is 2.75. The van der Waals surface area contributed by atoms with Crippen LogP contribution in [0.15, 0.2) is 4.99 Å². The molecule has 0 aliphatic carbocycles. The number of hydrogen-bond donors (Lipinski definition) is 1. The normalized spacial score (nSPS) is 10.5. The van der Waals surface area contributed by atoms with Crippen molar-refractivity contribution in [3.8, 4) is 0 Å². The van der Waals surface area contributed by atoms with Crippen LogP contribution in [-0.2, 0) is 9.53 Å². The van der Waals surface area contributed by atoms with Crippen molar-refractivity contribution in [2.24, 2.45) is 4.99 Å². The molecule has 0 aliphatic heterocycles. The molecule has 1 N–H and O–H groups in total. The van der Waals surface area contributed by atoms with E-state index in [9.17, 15) is 4.79 Å². The third kappa shape index (κ3) is 11.1. The molecule has 0 radical (unpaired) electrons. The van der Waals surface area contributed by atoms with Gasteiger partial charge in [0, 0.05) is 0 Å². The molecule has 4 nitrogen and oxygen atoms in total. The summed E-state index contributed by atoms with van der Waals surface area (Å²) in [6.45, 7) is 1.73. The topological polar surface area (TPSA) is 50.7 Å². The van der Waals surface area contributed by atoms with E-state index in [2.05, 4.69) is 10.3 Å². The summed E-state index contributed by atoms with van der Waals surface area (Å²) in [7, 11) is 1.96. The fourth-order valence-corrected chi connectivity index (χ4v) is 0.961. The number of carbonyl (C=O) groups is 1. The van der Waals surface area contributed by atoms with Crippen LogP contribution >= 0.6 is 0 Å². The molecule has 0 saturated heterocycles. The van der Waals surface area contributed by atoms with Crippen LogP contribution in [0.4, 0.5) is 0 Å². The van der Waals surface area contributed by atoms with Gasteiger partial charge in [-0.25, -0.2) is 0 Å². The van der Waals surface area contributed by atoms with Gasteiger partial charge in [0.1, 0.15) is 0 Å². The Bertz CT molecular complexity index is 138. The number of aliphatic imine (C=N–C) groups is 1. The summed E-state index contributed by atoms with van der Waals surface area (Å²) < 4.78 is 4.94. The van der Waals surface area contributed by atoms with Crippen molar-refractivity contribution in [3.05, 3.63) is 0 Å². The van der Waals surface area contributed by atoms with Gasteiger partial charge >= 0.3 is 0 Å². The Balaban J connectivity index is 2.91. The number of rotatable bonds is 9. The molecule has 0 aliphatic rings. The highest BCUT2D eigenvalue weighted by atomic mass is 16.5. The molecular weight excluding hydrogens is 168 g/mol. The van der Waals surface area contributed by atoms with Crippen molar-refractivity contribution in [2.45, 2.75) is 25.7 Å². The molecule has 0 aromatic carbocycles. The molecule has 0 aromatic rings. The number of nitrogens with one attached hydrogen (secondary N) is 1. The summed E-state index contributed by atoms with van der Waals surface area (Å²) in [5.74, 6) is 0. The van der Waals surface area contributed by atoms with E-state index in [-0.39, 0.29) is 0 Å². The second kappa shape index (κ2) is 11.1. The SMILES string of the molecule is CNCCCCCCOC=NC=O. The summed E-state index contributed by atoms with van der Waals surface area (Å²) in [4.78, 5) is 13.0. The Kier molecular flexibility index (Phi) is 10.3. The standard InChI is InChI=1S/C9H18N2O2/c1-10-6-4-2-3-5-7-13-9-11-8-12/h8-10H,2-7H2,1H3. The van der Waals surface area contributed by atoms with Gasteiger partial charge in [-0.15, -0.1) is 0 Å². The van der Waals surface area contributed by atoms with Crippen LogP contribution in [0.3, 0.4) is 0 Å². The molecule has 0 saturated carbocycles. The summed E-state index contributed by atoms with van der Waals surface area (Å²) in [5, 5.41) is 3.10. The number of ether oxygens (including phenoxy) is 1. The van der Waals surface area contributed by atoms with Crippen LogP contribution in [0.5, 0.6) is 0 Å². The van der Waals surface area contributed by atoms with Crippen molar-refractivity contribution in [3.63, 3.8) is 0 Å². The molecule has 0 aromatic heterocycles. The summed E-state index contributed by atoms with van der Waals surface area (Å²) >= 11 is 0. The first-order valence-corrected chi connectivity index (χ1v) is 4.63. The summed E-state index contributed by atoms with van der Waals surface area (Å²) in [6.07, 6.45) is 6.27. The molecule has 0 spiro atoms. The maximum absolute atomic E-state index is 9.73. The van der Waals surface area contributed by atoms with Crippen LogP contribution < -0.4 is 5.32 Å². The fourth-order valence-electron chi connectivity index (χ4n) is 0.961. The Morgan fingerprint density at radius 3 is 2.77 bits per heavy atom. The van der Waals surface area contributed by atoms with Gasteiger partial charge in [-0.05, 0) is 26.4 Å². The van der Waals surface area contributed by atoms with Gasteiger partial charge in [-0.1, -0.05) is 12.8 Å². The second-order valence-electron chi connectivity index (χ2n) is 2.75. The van der Waals surface area contributed by atoms with Crippen LogP contribution in [-0.4, -0.2) is 33.0 Å². The molecule has 0 heterocycles. The van der Waals surface area contributed by atoms with Gasteiger partial charge in [-0.2, -0.15) is 4.99 Å². The third-order valence-electron chi connectivity index (χ3n) is 1.64. The molecular formula is C9H18N2O2. The number of carbonyl (C=O) groups excluding carboxylic acids is 1. The molecule has 0 fully saturated rings. The van der Waals surface area contributed by atoms with E-state index in [4.69, 9.17) is 4.74 Å². The summed E-state index contributed by atoms with van der Waals surface area (Å²) in [6, 6.07) is 0. The monoisotopic (exact) mass is 186 g/mol. The lowest BCUT2D eigenvalue weighted by Crippen LogP contribution is -2.07. The highest BCUT2D eigenvalue weighted by Gasteiger charge is 1.88. The lowest BCUT2D eigenvalue weighted by Gasteiger charge is -2.00.